The Morgan fingerprint density at radius 1 is 1.30 bits per heavy atom. The van der Waals surface area contributed by atoms with Crippen LogP contribution in [0.15, 0.2) is 30.3 Å². The zero-order valence-electron chi connectivity index (χ0n) is 12.1. The number of ether oxygens (including phenoxy) is 1. The summed E-state index contributed by atoms with van der Waals surface area (Å²) in [6, 6.07) is 5.86. The van der Waals surface area contributed by atoms with E-state index < -0.39 is 11.7 Å². The van der Waals surface area contributed by atoms with Gasteiger partial charge in [-0.3, -0.25) is 4.79 Å². The number of alkyl halides is 3. The molecule has 8 heteroatoms. The third-order valence-corrected chi connectivity index (χ3v) is 2.97. The molecule has 122 valence electrons. The largest absolute Gasteiger partial charge is 0.478 e. The van der Waals surface area contributed by atoms with Crippen LogP contribution in [0.1, 0.15) is 22.8 Å². The molecule has 0 spiro atoms. The summed E-state index contributed by atoms with van der Waals surface area (Å²) in [5, 5.41) is 2.84. The van der Waals surface area contributed by atoms with Gasteiger partial charge in [-0.05, 0) is 31.2 Å². The lowest BCUT2D eigenvalue weighted by molar-refractivity contribution is -0.137. The second-order valence-corrected chi connectivity index (χ2v) is 4.56. The highest BCUT2D eigenvalue weighted by atomic mass is 19.4. The van der Waals surface area contributed by atoms with Gasteiger partial charge in [0.1, 0.15) is 5.82 Å². The molecule has 3 N–H and O–H groups in total. The van der Waals surface area contributed by atoms with Crippen molar-refractivity contribution in [2.24, 2.45) is 0 Å². The molecule has 0 saturated carbocycles. The van der Waals surface area contributed by atoms with Crippen LogP contribution in [-0.2, 0) is 6.18 Å². The van der Waals surface area contributed by atoms with Gasteiger partial charge in [0.05, 0.1) is 23.4 Å². The van der Waals surface area contributed by atoms with Crippen molar-refractivity contribution < 1.29 is 22.7 Å². The van der Waals surface area contributed by atoms with Crippen LogP contribution >= 0.6 is 0 Å². The standard InChI is InChI=1S/C15H14F3N3O2/c1-2-23-13-7-12(11(8-22)14(19)21-13)20-10-5-3-9(4-6-10)15(16,17)18/h3-8H,2H2,1H3,(H3,19,20,21). The summed E-state index contributed by atoms with van der Waals surface area (Å²) in [6.07, 6.45) is -3.89. The Morgan fingerprint density at radius 3 is 2.48 bits per heavy atom. The summed E-state index contributed by atoms with van der Waals surface area (Å²) in [4.78, 5) is 15.1. The fraction of sp³-hybridized carbons (Fsp3) is 0.200. The van der Waals surface area contributed by atoms with E-state index in [0.717, 1.165) is 12.1 Å². The van der Waals surface area contributed by atoms with E-state index >= 15 is 0 Å². The minimum absolute atomic E-state index is 0.0274. The molecule has 0 saturated heterocycles. The van der Waals surface area contributed by atoms with Gasteiger partial charge in [-0.25, -0.2) is 0 Å². The maximum Gasteiger partial charge on any atom is 0.416 e. The molecule has 1 aromatic carbocycles. The molecule has 0 aliphatic rings. The molecule has 0 bridgehead atoms. The van der Waals surface area contributed by atoms with Crippen molar-refractivity contribution in [1.82, 2.24) is 4.98 Å². The molecule has 0 amide bonds. The van der Waals surface area contributed by atoms with Crippen molar-refractivity contribution in [3.63, 3.8) is 0 Å². The summed E-state index contributed by atoms with van der Waals surface area (Å²) in [6.45, 7) is 2.11. The van der Waals surface area contributed by atoms with Gasteiger partial charge in [0.25, 0.3) is 0 Å². The summed E-state index contributed by atoms with van der Waals surface area (Å²) < 4.78 is 42.9. The highest BCUT2D eigenvalue weighted by Crippen LogP contribution is 2.31. The number of pyridine rings is 1. The number of nitrogens with one attached hydrogen (secondary N) is 1. The van der Waals surface area contributed by atoms with Gasteiger partial charge in [0.2, 0.25) is 5.88 Å². The third kappa shape index (κ3) is 3.91. The predicted octanol–water partition coefficient (Wildman–Crippen LogP) is 3.64. The second kappa shape index (κ2) is 6.55. The first kappa shape index (κ1) is 16.6. The monoisotopic (exact) mass is 325 g/mol. The van der Waals surface area contributed by atoms with E-state index in [1.54, 1.807) is 6.92 Å². The van der Waals surface area contributed by atoms with Gasteiger partial charge in [0.15, 0.2) is 6.29 Å². The van der Waals surface area contributed by atoms with Crippen LogP contribution < -0.4 is 15.8 Å². The fourth-order valence-electron chi connectivity index (χ4n) is 1.90. The Labute approximate surface area is 130 Å². The molecular weight excluding hydrogens is 311 g/mol. The van der Waals surface area contributed by atoms with Crippen LogP contribution in [0.4, 0.5) is 30.4 Å². The summed E-state index contributed by atoms with van der Waals surface area (Å²) in [5.41, 5.74) is 5.70. The molecule has 0 aliphatic carbocycles. The molecule has 0 unspecified atom stereocenters. The first-order valence-electron chi connectivity index (χ1n) is 6.68. The number of benzene rings is 1. The van der Waals surface area contributed by atoms with Crippen molar-refractivity contribution in [2.45, 2.75) is 13.1 Å². The Balaban J connectivity index is 2.33. The molecule has 0 radical (unpaired) electrons. The van der Waals surface area contributed by atoms with Gasteiger partial charge in [-0.2, -0.15) is 18.2 Å². The second-order valence-electron chi connectivity index (χ2n) is 4.56. The van der Waals surface area contributed by atoms with E-state index in [4.69, 9.17) is 10.5 Å². The number of aromatic nitrogens is 1. The SMILES string of the molecule is CCOc1cc(Nc2ccc(C(F)(F)F)cc2)c(C=O)c(N)n1. The van der Waals surface area contributed by atoms with Crippen molar-refractivity contribution in [3.8, 4) is 5.88 Å². The smallest absolute Gasteiger partial charge is 0.416 e. The highest BCUT2D eigenvalue weighted by molar-refractivity contribution is 5.91. The Bertz CT molecular complexity index is 700. The zero-order chi connectivity index (χ0) is 17.0. The van der Waals surface area contributed by atoms with E-state index in [9.17, 15) is 18.0 Å². The van der Waals surface area contributed by atoms with E-state index in [1.165, 1.54) is 18.2 Å². The molecule has 0 aliphatic heterocycles. The number of anilines is 3. The van der Waals surface area contributed by atoms with Gasteiger partial charge in [0, 0.05) is 11.8 Å². The van der Waals surface area contributed by atoms with Gasteiger partial charge >= 0.3 is 6.18 Å². The van der Waals surface area contributed by atoms with Gasteiger partial charge < -0.3 is 15.8 Å². The molecular formula is C15H14F3N3O2. The van der Waals surface area contributed by atoms with Crippen molar-refractivity contribution in [2.75, 3.05) is 17.7 Å². The molecule has 2 rings (SSSR count). The molecule has 23 heavy (non-hydrogen) atoms. The maximum atomic E-state index is 12.5. The van der Waals surface area contributed by atoms with E-state index in [2.05, 4.69) is 10.3 Å². The number of carbonyl (C=O) groups is 1. The van der Waals surface area contributed by atoms with Crippen LogP contribution in [0.25, 0.3) is 0 Å². The van der Waals surface area contributed by atoms with E-state index in [1.807, 2.05) is 0 Å². The number of aldehydes is 1. The number of carbonyl (C=O) groups excluding carboxylic acids is 1. The number of rotatable bonds is 5. The number of nitrogens with two attached hydrogens (primary N) is 1. The van der Waals surface area contributed by atoms with Crippen molar-refractivity contribution in [1.29, 1.82) is 0 Å². The number of hydrogen-bond acceptors (Lipinski definition) is 5. The lowest BCUT2D eigenvalue weighted by Gasteiger charge is -2.13. The quantitative estimate of drug-likeness (QED) is 0.821. The average Bonchev–Trinajstić information content (AvgIpc) is 2.47. The number of nitrogens with zero attached hydrogens (tertiary/aromatic N) is 1. The van der Waals surface area contributed by atoms with Crippen molar-refractivity contribution >= 4 is 23.5 Å². The zero-order valence-corrected chi connectivity index (χ0v) is 12.1. The number of nitrogen functional groups attached to an aromatic ring is 1. The summed E-state index contributed by atoms with van der Waals surface area (Å²) >= 11 is 0. The molecule has 1 aromatic heterocycles. The van der Waals surface area contributed by atoms with Crippen LogP contribution in [0.5, 0.6) is 5.88 Å². The lowest BCUT2D eigenvalue weighted by Crippen LogP contribution is -2.06. The van der Waals surface area contributed by atoms with Gasteiger partial charge in [-0.1, -0.05) is 0 Å². The molecule has 2 aromatic rings. The number of halogens is 3. The first-order chi connectivity index (χ1) is 10.8. The molecule has 5 nitrogen and oxygen atoms in total. The topological polar surface area (TPSA) is 77.2 Å². The Hall–Kier alpha value is -2.77. The lowest BCUT2D eigenvalue weighted by atomic mass is 10.1. The molecule has 0 fully saturated rings. The van der Waals surface area contributed by atoms with Crippen LogP contribution in [0.3, 0.4) is 0 Å². The Morgan fingerprint density at radius 2 is 1.96 bits per heavy atom. The van der Waals surface area contributed by atoms with Crippen LogP contribution in [0.2, 0.25) is 0 Å². The normalized spacial score (nSPS) is 11.1. The van der Waals surface area contributed by atoms with E-state index in [0.29, 0.717) is 24.3 Å². The first-order valence-corrected chi connectivity index (χ1v) is 6.68. The highest BCUT2D eigenvalue weighted by Gasteiger charge is 2.29. The minimum Gasteiger partial charge on any atom is -0.478 e. The minimum atomic E-state index is -4.41. The summed E-state index contributed by atoms with van der Waals surface area (Å²) in [7, 11) is 0. The third-order valence-electron chi connectivity index (χ3n) is 2.97. The fourth-order valence-corrected chi connectivity index (χ4v) is 1.90. The van der Waals surface area contributed by atoms with Crippen molar-refractivity contribution in [3.05, 3.63) is 41.5 Å². The summed E-state index contributed by atoms with van der Waals surface area (Å²) in [5.74, 6) is 0.186. The maximum absolute atomic E-state index is 12.5. The van der Waals surface area contributed by atoms with Gasteiger partial charge in [-0.15, -0.1) is 0 Å². The predicted molar refractivity (Wildman–Crippen MR) is 79.9 cm³/mol. The molecule has 1 heterocycles. The average molecular weight is 325 g/mol. The van der Waals surface area contributed by atoms with Crippen LogP contribution in [-0.4, -0.2) is 17.9 Å². The molecule has 0 atom stereocenters. The van der Waals surface area contributed by atoms with Crippen LogP contribution in [0, 0.1) is 0 Å². The van der Waals surface area contributed by atoms with E-state index in [-0.39, 0.29) is 17.3 Å². The number of hydrogen-bond donors (Lipinski definition) is 2. The Kier molecular flexibility index (Phi) is 4.73.